The van der Waals surface area contributed by atoms with E-state index in [9.17, 15) is 17.6 Å². The van der Waals surface area contributed by atoms with E-state index in [0.717, 1.165) is 22.7 Å². The van der Waals surface area contributed by atoms with Crippen molar-refractivity contribution in [3.63, 3.8) is 0 Å². The number of carbonyl (C=O) groups is 1. The standard InChI is InChI=1S/C19H21FN2O3S2/c1-3-21(4-2)27(24,25)14-9-10-16(20)15(13-14)19(23)22-11-12-26-18-8-6-5-7-17(18)22/h5-10,13H,3-4,11-12H2,1-2H3. The first-order chi connectivity index (χ1) is 12.9. The van der Waals surface area contributed by atoms with Crippen LogP contribution in [-0.4, -0.2) is 44.0 Å². The number of para-hydroxylation sites is 1. The van der Waals surface area contributed by atoms with Crippen molar-refractivity contribution in [2.24, 2.45) is 0 Å². The fraction of sp³-hybridized carbons (Fsp3) is 0.316. The second-order valence-electron chi connectivity index (χ2n) is 6.00. The summed E-state index contributed by atoms with van der Waals surface area (Å²) in [5, 5.41) is 0. The first kappa shape index (κ1) is 19.9. The fourth-order valence-corrected chi connectivity index (χ4v) is 5.55. The van der Waals surface area contributed by atoms with Crippen LogP contribution in [0.25, 0.3) is 0 Å². The van der Waals surface area contributed by atoms with Gasteiger partial charge in [0.1, 0.15) is 5.82 Å². The van der Waals surface area contributed by atoms with Gasteiger partial charge < -0.3 is 4.90 Å². The number of anilines is 1. The third kappa shape index (κ3) is 3.74. The van der Waals surface area contributed by atoms with Crippen molar-refractivity contribution in [2.75, 3.05) is 30.3 Å². The zero-order chi connectivity index (χ0) is 19.6. The molecule has 1 aliphatic heterocycles. The van der Waals surface area contributed by atoms with E-state index in [4.69, 9.17) is 0 Å². The fourth-order valence-electron chi connectivity index (χ4n) is 3.07. The van der Waals surface area contributed by atoms with Crippen LogP contribution >= 0.6 is 11.8 Å². The van der Waals surface area contributed by atoms with Gasteiger partial charge in [-0.3, -0.25) is 4.79 Å². The molecule has 1 heterocycles. The molecular formula is C19H21FN2O3S2. The number of thioether (sulfide) groups is 1. The lowest BCUT2D eigenvalue weighted by Crippen LogP contribution is -2.36. The van der Waals surface area contributed by atoms with Gasteiger partial charge in [0, 0.05) is 30.3 Å². The summed E-state index contributed by atoms with van der Waals surface area (Å²) in [6, 6.07) is 10.8. The van der Waals surface area contributed by atoms with Crippen molar-refractivity contribution in [3.05, 3.63) is 53.8 Å². The van der Waals surface area contributed by atoms with E-state index in [2.05, 4.69) is 0 Å². The molecule has 2 aromatic rings. The van der Waals surface area contributed by atoms with Crippen LogP contribution in [0.15, 0.2) is 52.3 Å². The Bertz CT molecular complexity index is 959. The molecule has 5 nitrogen and oxygen atoms in total. The minimum Gasteiger partial charge on any atom is -0.306 e. The van der Waals surface area contributed by atoms with Gasteiger partial charge >= 0.3 is 0 Å². The SMILES string of the molecule is CCN(CC)S(=O)(=O)c1ccc(F)c(C(=O)N2CCSc3ccccc32)c1. The highest BCUT2D eigenvalue weighted by Crippen LogP contribution is 2.35. The molecule has 0 bridgehead atoms. The third-order valence-electron chi connectivity index (χ3n) is 4.49. The van der Waals surface area contributed by atoms with Gasteiger partial charge in [-0.15, -0.1) is 11.8 Å². The van der Waals surface area contributed by atoms with E-state index in [1.165, 1.54) is 15.3 Å². The number of amides is 1. The Morgan fingerprint density at radius 2 is 1.89 bits per heavy atom. The van der Waals surface area contributed by atoms with Crippen LogP contribution in [0.2, 0.25) is 0 Å². The highest BCUT2D eigenvalue weighted by molar-refractivity contribution is 7.99. The summed E-state index contributed by atoms with van der Waals surface area (Å²) in [4.78, 5) is 15.4. The van der Waals surface area contributed by atoms with Gasteiger partial charge in [0.2, 0.25) is 10.0 Å². The minimum atomic E-state index is -3.77. The van der Waals surface area contributed by atoms with E-state index in [1.54, 1.807) is 25.6 Å². The topological polar surface area (TPSA) is 57.7 Å². The maximum atomic E-state index is 14.4. The number of halogens is 1. The Hall–Kier alpha value is -1.90. The van der Waals surface area contributed by atoms with Crippen molar-refractivity contribution in [1.82, 2.24) is 4.31 Å². The van der Waals surface area contributed by atoms with Crippen LogP contribution in [0.5, 0.6) is 0 Å². The first-order valence-electron chi connectivity index (χ1n) is 8.73. The molecule has 2 aromatic carbocycles. The smallest absolute Gasteiger partial charge is 0.261 e. The van der Waals surface area contributed by atoms with Crippen molar-refractivity contribution < 1.29 is 17.6 Å². The summed E-state index contributed by atoms with van der Waals surface area (Å²) in [5.41, 5.74) is 0.486. The number of benzene rings is 2. The van der Waals surface area contributed by atoms with Crippen LogP contribution in [-0.2, 0) is 10.0 Å². The molecule has 0 saturated heterocycles. The van der Waals surface area contributed by atoms with E-state index in [-0.39, 0.29) is 10.5 Å². The zero-order valence-corrected chi connectivity index (χ0v) is 16.8. The summed E-state index contributed by atoms with van der Waals surface area (Å²) >= 11 is 1.64. The maximum absolute atomic E-state index is 14.4. The van der Waals surface area contributed by atoms with Gasteiger partial charge in [-0.05, 0) is 30.3 Å². The quantitative estimate of drug-likeness (QED) is 0.758. The molecule has 0 radical (unpaired) electrons. The zero-order valence-electron chi connectivity index (χ0n) is 15.2. The van der Waals surface area contributed by atoms with Gasteiger partial charge in [0.25, 0.3) is 5.91 Å². The average molecular weight is 409 g/mol. The van der Waals surface area contributed by atoms with E-state index in [1.807, 2.05) is 24.3 Å². The van der Waals surface area contributed by atoms with E-state index in [0.29, 0.717) is 25.4 Å². The molecule has 0 N–H and O–H groups in total. The summed E-state index contributed by atoms with van der Waals surface area (Å²) in [7, 11) is -3.77. The molecule has 1 amide bonds. The number of hydrogen-bond acceptors (Lipinski definition) is 4. The molecule has 1 aliphatic rings. The Kier molecular flexibility index (Phi) is 5.88. The molecule has 27 heavy (non-hydrogen) atoms. The second-order valence-corrected chi connectivity index (χ2v) is 9.08. The number of nitrogens with zero attached hydrogens (tertiary/aromatic N) is 2. The predicted molar refractivity (Wildman–Crippen MR) is 105 cm³/mol. The predicted octanol–water partition coefficient (Wildman–Crippen LogP) is 3.61. The molecule has 0 spiro atoms. The molecule has 0 unspecified atom stereocenters. The summed E-state index contributed by atoms with van der Waals surface area (Å²) in [6.45, 7) is 4.51. The van der Waals surface area contributed by atoms with Crippen molar-refractivity contribution in [1.29, 1.82) is 0 Å². The van der Waals surface area contributed by atoms with Crippen LogP contribution in [0.1, 0.15) is 24.2 Å². The molecule has 0 aliphatic carbocycles. The first-order valence-corrected chi connectivity index (χ1v) is 11.2. The minimum absolute atomic E-state index is 0.0735. The number of sulfonamides is 1. The van der Waals surface area contributed by atoms with Crippen LogP contribution < -0.4 is 4.90 Å². The molecule has 0 atom stereocenters. The highest BCUT2D eigenvalue weighted by atomic mass is 32.2. The molecule has 8 heteroatoms. The number of carbonyl (C=O) groups excluding carboxylic acids is 1. The number of fused-ring (bicyclic) bond motifs is 1. The molecular weight excluding hydrogens is 387 g/mol. The monoisotopic (exact) mass is 408 g/mol. The Morgan fingerprint density at radius 1 is 1.19 bits per heavy atom. The lowest BCUT2D eigenvalue weighted by molar-refractivity contribution is 0.0983. The molecule has 3 rings (SSSR count). The summed E-state index contributed by atoms with van der Waals surface area (Å²) < 4.78 is 41.2. The largest absolute Gasteiger partial charge is 0.306 e. The van der Waals surface area contributed by atoms with Crippen molar-refractivity contribution in [3.8, 4) is 0 Å². The Balaban J connectivity index is 2.02. The maximum Gasteiger partial charge on any atom is 0.261 e. The summed E-state index contributed by atoms with van der Waals surface area (Å²) in [5.74, 6) is -0.562. The third-order valence-corrected chi connectivity index (χ3v) is 7.57. The van der Waals surface area contributed by atoms with Gasteiger partial charge in [0.15, 0.2) is 0 Å². The molecule has 0 saturated carbocycles. The summed E-state index contributed by atoms with van der Waals surface area (Å²) in [6.07, 6.45) is 0. The van der Waals surface area contributed by atoms with Gasteiger partial charge in [-0.2, -0.15) is 4.31 Å². The number of hydrogen-bond donors (Lipinski definition) is 0. The number of rotatable bonds is 5. The normalized spacial score (nSPS) is 14.3. The Labute approximate surface area is 163 Å². The van der Waals surface area contributed by atoms with Crippen LogP contribution in [0, 0.1) is 5.82 Å². The van der Waals surface area contributed by atoms with Crippen molar-refractivity contribution >= 4 is 33.4 Å². The van der Waals surface area contributed by atoms with Crippen molar-refractivity contribution in [2.45, 2.75) is 23.6 Å². The van der Waals surface area contributed by atoms with Gasteiger partial charge in [0.05, 0.1) is 16.1 Å². The molecule has 144 valence electrons. The lowest BCUT2D eigenvalue weighted by Gasteiger charge is -2.29. The van der Waals surface area contributed by atoms with Crippen LogP contribution in [0.4, 0.5) is 10.1 Å². The van der Waals surface area contributed by atoms with Crippen LogP contribution in [0.3, 0.4) is 0 Å². The Morgan fingerprint density at radius 3 is 2.59 bits per heavy atom. The highest BCUT2D eigenvalue weighted by Gasteiger charge is 2.28. The van der Waals surface area contributed by atoms with E-state index < -0.39 is 21.7 Å². The average Bonchev–Trinajstić information content (AvgIpc) is 2.68. The lowest BCUT2D eigenvalue weighted by atomic mass is 10.1. The molecule has 0 fully saturated rings. The van der Waals surface area contributed by atoms with Gasteiger partial charge in [-0.1, -0.05) is 26.0 Å². The molecule has 0 aromatic heterocycles. The van der Waals surface area contributed by atoms with E-state index >= 15 is 0 Å². The second kappa shape index (κ2) is 8.00. The van der Waals surface area contributed by atoms with Gasteiger partial charge in [-0.25, -0.2) is 12.8 Å².